The van der Waals surface area contributed by atoms with Gasteiger partial charge < -0.3 is 10.6 Å². The molecule has 0 aliphatic carbocycles. The maximum absolute atomic E-state index is 12.7. The lowest BCUT2D eigenvalue weighted by molar-refractivity contribution is -0.123. The van der Waals surface area contributed by atoms with Crippen molar-refractivity contribution in [3.63, 3.8) is 0 Å². The monoisotopic (exact) mass is 322 g/mol. The van der Waals surface area contributed by atoms with Gasteiger partial charge in [0.1, 0.15) is 5.56 Å². The summed E-state index contributed by atoms with van der Waals surface area (Å²) in [6, 6.07) is -0.0184. The Bertz CT molecular complexity index is 687. The Hall–Kier alpha value is -1.83. The number of rotatable bonds is 2. The van der Waals surface area contributed by atoms with Gasteiger partial charge in [0.05, 0.1) is 5.92 Å². The number of nitrogens with two attached hydrogens (primary N) is 1. The molecule has 1 aromatic heterocycles. The summed E-state index contributed by atoms with van der Waals surface area (Å²) in [6.07, 6.45) is 2.74. The molecule has 22 heavy (non-hydrogen) atoms. The second-order valence-electron chi connectivity index (χ2n) is 5.74. The number of hydrogen-bond donors (Lipinski definition) is 1. The first-order valence-electron chi connectivity index (χ1n) is 7.32. The van der Waals surface area contributed by atoms with Crippen molar-refractivity contribution in [2.45, 2.75) is 37.5 Å². The van der Waals surface area contributed by atoms with Gasteiger partial charge in [-0.1, -0.05) is 11.8 Å². The van der Waals surface area contributed by atoms with Gasteiger partial charge in [0, 0.05) is 31.1 Å². The summed E-state index contributed by atoms with van der Waals surface area (Å²) < 4.78 is 1.54. The number of nitrogens with zero attached hydrogens (tertiary/aromatic N) is 3. The molecule has 1 fully saturated rings. The van der Waals surface area contributed by atoms with E-state index in [1.807, 2.05) is 6.92 Å². The summed E-state index contributed by atoms with van der Waals surface area (Å²) in [6.45, 7) is 2.76. The van der Waals surface area contributed by atoms with Gasteiger partial charge in [0.25, 0.3) is 11.5 Å². The van der Waals surface area contributed by atoms with Crippen molar-refractivity contribution in [1.82, 2.24) is 14.5 Å². The highest BCUT2D eigenvalue weighted by Gasteiger charge is 2.33. The molecule has 1 aromatic rings. The highest BCUT2D eigenvalue weighted by molar-refractivity contribution is 7.99. The zero-order chi connectivity index (χ0) is 15.9. The number of likely N-dealkylation sites (tertiary alicyclic amines) is 1. The molecule has 2 N–H and O–H groups in total. The van der Waals surface area contributed by atoms with Crippen LogP contribution in [0, 0.1) is 5.92 Å². The summed E-state index contributed by atoms with van der Waals surface area (Å²) in [5.41, 5.74) is 5.13. The topological polar surface area (TPSA) is 98.3 Å². The van der Waals surface area contributed by atoms with E-state index in [0.717, 1.165) is 5.75 Å². The zero-order valence-electron chi connectivity index (χ0n) is 12.3. The van der Waals surface area contributed by atoms with Crippen molar-refractivity contribution in [3.8, 4) is 0 Å². The van der Waals surface area contributed by atoms with Crippen LogP contribution in [0.1, 0.15) is 30.1 Å². The van der Waals surface area contributed by atoms with Crippen LogP contribution in [-0.2, 0) is 11.3 Å². The predicted molar refractivity (Wildman–Crippen MR) is 81.6 cm³/mol. The van der Waals surface area contributed by atoms with Crippen molar-refractivity contribution in [2.75, 3.05) is 12.3 Å². The molecule has 7 nitrogen and oxygen atoms in total. The average Bonchev–Trinajstić information content (AvgIpc) is 2.96. The van der Waals surface area contributed by atoms with Crippen LogP contribution in [0.25, 0.3) is 0 Å². The number of primary amides is 1. The molecule has 0 bridgehead atoms. The largest absolute Gasteiger partial charge is 0.369 e. The van der Waals surface area contributed by atoms with Crippen LogP contribution in [0.3, 0.4) is 0 Å². The van der Waals surface area contributed by atoms with E-state index in [1.54, 1.807) is 4.90 Å². The normalized spacial score (nSPS) is 24.1. The van der Waals surface area contributed by atoms with Crippen molar-refractivity contribution < 1.29 is 9.59 Å². The Morgan fingerprint density at radius 2 is 2.18 bits per heavy atom. The van der Waals surface area contributed by atoms with Gasteiger partial charge in [0.15, 0.2) is 5.16 Å². The summed E-state index contributed by atoms with van der Waals surface area (Å²) in [7, 11) is 0. The number of piperidine rings is 1. The maximum Gasteiger partial charge on any atom is 0.267 e. The molecule has 2 atom stereocenters. The third kappa shape index (κ3) is 2.51. The molecular weight excluding hydrogens is 304 g/mol. The average molecular weight is 322 g/mol. The lowest BCUT2D eigenvalue weighted by Gasteiger charge is -2.36. The molecule has 0 aromatic carbocycles. The molecule has 0 saturated carbocycles. The summed E-state index contributed by atoms with van der Waals surface area (Å²) in [4.78, 5) is 42.3. The number of hydrogen-bond acceptors (Lipinski definition) is 5. The van der Waals surface area contributed by atoms with Gasteiger partial charge in [-0.15, -0.1) is 0 Å². The Morgan fingerprint density at radius 3 is 2.91 bits per heavy atom. The van der Waals surface area contributed by atoms with Crippen molar-refractivity contribution in [2.24, 2.45) is 11.7 Å². The number of thioether (sulfide) groups is 1. The molecule has 2 aliphatic rings. The molecule has 2 aliphatic heterocycles. The number of aromatic nitrogens is 2. The number of carbonyl (C=O) groups is 2. The van der Waals surface area contributed by atoms with Crippen LogP contribution in [0.15, 0.2) is 16.1 Å². The molecule has 2 amide bonds. The first kappa shape index (κ1) is 15.1. The third-order valence-corrected chi connectivity index (χ3v) is 5.30. The van der Waals surface area contributed by atoms with E-state index in [-0.39, 0.29) is 35.5 Å². The fraction of sp³-hybridized carbons (Fsp3) is 0.571. The standard InChI is InChI=1S/C14H18N4O3S/c1-8-2-3-9(11(15)19)7-18(8)13(21)10-6-16-14-17(12(10)20)4-5-22-14/h6,8-9H,2-5,7H2,1H3,(H2,15,19)/t8-,9+/m1/s1. The number of fused-ring (bicyclic) bond motifs is 1. The second-order valence-corrected chi connectivity index (χ2v) is 6.80. The van der Waals surface area contributed by atoms with Crippen molar-refractivity contribution >= 4 is 23.6 Å². The molecule has 3 rings (SSSR count). The van der Waals surface area contributed by atoms with E-state index in [2.05, 4.69) is 4.98 Å². The highest BCUT2D eigenvalue weighted by Crippen LogP contribution is 2.24. The van der Waals surface area contributed by atoms with Crippen LogP contribution in [-0.4, -0.2) is 44.6 Å². The van der Waals surface area contributed by atoms with E-state index in [9.17, 15) is 14.4 Å². The Labute approximate surface area is 131 Å². The molecule has 0 spiro atoms. The smallest absolute Gasteiger partial charge is 0.267 e. The van der Waals surface area contributed by atoms with Crippen molar-refractivity contribution in [1.29, 1.82) is 0 Å². The van der Waals surface area contributed by atoms with E-state index < -0.39 is 5.91 Å². The summed E-state index contributed by atoms with van der Waals surface area (Å²) in [5.74, 6) is -0.307. The number of carbonyl (C=O) groups excluding carboxylic acids is 2. The molecule has 8 heteroatoms. The highest BCUT2D eigenvalue weighted by atomic mass is 32.2. The first-order chi connectivity index (χ1) is 10.5. The lowest BCUT2D eigenvalue weighted by atomic mass is 9.92. The van der Waals surface area contributed by atoms with Gasteiger partial charge in [-0.2, -0.15) is 0 Å². The van der Waals surface area contributed by atoms with Crippen LogP contribution in [0.4, 0.5) is 0 Å². The van der Waals surface area contributed by atoms with E-state index in [1.165, 1.54) is 22.5 Å². The molecule has 0 radical (unpaired) electrons. The second kappa shape index (κ2) is 5.75. The van der Waals surface area contributed by atoms with Gasteiger partial charge in [-0.25, -0.2) is 4.98 Å². The van der Waals surface area contributed by atoms with E-state index >= 15 is 0 Å². The molecule has 0 unspecified atom stereocenters. The zero-order valence-corrected chi connectivity index (χ0v) is 13.1. The van der Waals surface area contributed by atoms with Crippen LogP contribution in [0.2, 0.25) is 0 Å². The van der Waals surface area contributed by atoms with Gasteiger partial charge >= 0.3 is 0 Å². The predicted octanol–water partition coefficient (Wildman–Crippen LogP) is 0.0750. The van der Waals surface area contributed by atoms with Crippen LogP contribution >= 0.6 is 11.8 Å². The van der Waals surface area contributed by atoms with Gasteiger partial charge in [-0.05, 0) is 19.8 Å². The summed E-state index contributed by atoms with van der Waals surface area (Å²) >= 11 is 1.51. The van der Waals surface area contributed by atoms with E-state index in [4.69, 9.17) is 5.73 Å². The number of amides is 2. The Balaban J connectivity index is 1.90. The van der Waals surface area contributed by atoms with E-state index in [0.29, 0.717) is 24.5 Å². The maximum atomic E-state index is 12.7. The Kier molecular flexibility index (Phi) is 3.94. The fourth-order valence-electron chi connectivity index (χ4n) is 2.94. The first-order valence-corrected chi connectivity index (χ1v) is 8.30. The quantitative estimate of drug-likeness (QED) is 0.777. The van der Waals surface area contributed by atoms with Crippen molar-refractivity contribution in [3.05, 3.63) is 22.1 Å². The minimum Gasteiger partial charge on any atom is -0.369 e. The van der Waals surface area contributed by atoms with Gasteiger partial charge in [0.2, 0.25) is 5.91 Å². The fourth-order valence-corrected chi connectivity index (χ4v) is 3.85. The molecule has 1 saturated heterocycles. The minimum absolute atomic E-state index is 0.0184. The third-order valence-electron chi connectivity index (χ3n) is 4.33. The van der Waals surface area contributed by atoms with Crippen LogP contribution < -0.4 is 11.3 Å². The Morgan fingerprint density at radius 1 is 1.41 bits per heavy atom. The molecular formula is C14H18N4O3S. The molecule has 118 valence electrons. The van der Waals surface area contributed by atoms with Gasteiger partial charge in [-0.3, -0.25) is 19.0 Å². The van der Waals surface area contributed by atoms with Crippen LogP contribution in [0.5, 0.6) is 0 Å². The summed E-state index contributed by atoms with van der Waals surface area (Å²) in [5, 5.41) is 0.656. The SMILES string of the molecule is C[C@@H]1CC[C@H](C(N)=O)CN1C(=O)c1cnc2n(c1=O)CCS2. The lowest BCUT2D eigenvalue weighted by Crippen LogP contribution is -2.50. The minimum atomic E-state index is -0.398. The molecule has 3 heterocycles.